The van der Waals surface area contributed by atoms with Crippen LogP contribution in [-0.4, -0.2) is 58.5 Å². The monoisotopic (exact) mass is 282 g/mol. The summed E-state index contributed by atoms with van der Waals surface area (Å²) < 4.78 is 0. The van der Waals surface area contributed by atoms with Crippen LogP contribution in [0.1, 0.15) is 51.9 Å². The van der Waals surface area contributed by atoms with Crippen molar-refractivity contribution in [3.63, 3.8) is 0 Å². The van der Waals surface area contributed by atoms with E-state index < -0.39 is 5.97 Å². The molecule has 0 bridgehead atoms. The molecule has 1 saturated carbocycles. The lowest BCUT2D eigenvalue weighted by atomic mass is 9.98. The summed E-state index contributed by atoms with van der Waals surface area (Å²) in [6, 6.07) is 0.733. The normalized spacial score (nSPS) is 23.6. The molecule has 0 radical (unpaired) electrons. The van der Waals surface area contributed by atoms with E-state index in [4.69, 9.17) is 5.11 Å². The number of amides is 1. The van der Waals surface area contributed by atoms with Gasteiger partial charge in [-0.3, -0.25) is 14.5 Å². The maximum atomic E-state index is 12.4. The third kappa shape index (κ3) is 4.20. The molecule has 5 heteroatoms. The minimum absolute atomic E-state index is 0.204. The first-order valence-corrected chi connectivity index (χ1v) is 7.87. The first-order chi connectivity index (χ1) is 9.61. The van der Waals surface area contributed by atoms with E-state index in [9.17, 15) is 9.59 Å². The highest BCUT2D eigenvalue weighted by molar-refractivity contribution is 5.79. The fourth-order valence-corrected chi connectivity index (χ4v) is 3.17. The number of hydrogen-bond acceptors (Lipinski definition) is 3. The lowest BCUT2D eigenvalue weighted by Crippen LogP contribution is -2.47. The minimum Gasteiger partial charge on any atom is -0.481 e. The summed E-state index contributed by atoms with van der Waals surface area (Å²) in [5.41, 5.74) is 0. The average molecular weight is 282 g/mol. The Labute approximate surface area is 120 Å². The quantitative estimate of drug-likeness (QED) is 0.772. The fourth-order valence-electron chi connectivity index (χ4n) is 3.17. The van der Waals surface area contributed by atoms with Gasteiger partial charge in [0.1, 0.15) is 0 Å². The number of likely N-dealkylation sites (N-methyl/N-ethyl adjacent to an activating group) is 1. The summed E-state index contributed by atoms with van der Waals surface area (Å²) in [7, 11) is 0. The first kappa shape index (κ1) is 15.3. The van der Waals surface area contributed by atoms with E-state index in [-0.39, 0.29) is 18.4 Å². The molecule has 1 atom stereocenters. The van der Waals surface area contributed by atoms with Crippen LogP contribution >= 0.6 is 0 Å². The Morgan fingerprint density at radius 3 is 2.60 bits per heavy atom. The summed E-state index contributed by atoms with van der Waals surface area (Å²) in [5, 5.41) is 8.83. The van der Waals surface area contributed by atoms with E-state index in [2.05, 4.69) is 4.90 Å². The van der Waals surface area contributed by atoms with Gasteiger partial charge in [0, 0.05) is 25.0 Å². The van der Waals surface area contributed by atoms with E-state index in [1.807, 2.05) is 11.8 Å². The predicted octanol–water partition coefficient (Wildman–Crippen LogP) is 1.72. The highest BCUT2D eigenvalue weighted by atomic mass is 16.4. The molecule has 2 aliphatic rings. The Kier molecular flexibility index (Phi) is 5.40. The van der Waals surface area contributed by atoms with E-state index in [0.717, 1.165) is 45.2 Å². The Bertz CT molecular complexity index is 355. The SMILES string of the molecule is CCN(C(=O)CN1CCCCC1CCC(=O)O)C1CC1. The van der Waals surface area contributed by atoms with Gasteiger partial charge >= 0.3 is 5.97 Å². The maximum Gasteiger partial charge on any atom is 0.303 e. The van der Waals surface area contributed by atoms with Gasteiger partial charge in [0.15, 0.2) is 0 Å². The lowest BCUT2D eigenvalue weighted by molar-refractivity contribution is -0.137. The third-order valence-electron chi connectivity index (χ3n) is 4.43. The average Bonchev–Trinajstić information content (AvgIpc) is 3.23. The van der Waals surface area contributed by atoms with E-state index in [0.29, 0.717) is 19.0 Å². The van der Waals surface area contributed by atoms with Gasteiger partial charge in [-0.2, -0.15) is 0 Å². The Balaban J connectivity index is 1.86. The standard InChI is InChI=1S/C15H26N2O3/c1-2-17(13-6-7-13)14(18)11-16-10-4-3-5-12(16)8-9-15(19)20/h12-13H,2-11H2,1H3,(H,19,20). The molecule has 0 aromatic carbocycles. The molecule has 2 rings (SSSR count). The number of carboxylic acid groups (broad SMARTS) is 1. The zero-order valence-electron chi connectivity index (χ0n) is 12.4. The van der Waals surface area contributed by atoms with Crippen molar-refractivity contribution in [1.29, 1.82) is 0 Å². The number of likely N-dealkylation sites (tertiary alicyclic amines) is 1. The Hall–Kier alpha value is -1.10. The highest BCUT2D eigenvalue weighted by Gasteiger charge is 2.33. The number of rotatable bonds is 7. The van der Waals surface area contributed by atoms with Gasteiger partial charge in [-0.05, 0) is 45.6 Å². The van der Waals surface area contributed by atoms with E-state index >= 15 is 0 Å². The van der Waals surface area contributed by atoms with Gasteiger partial charge in [0.25, 0.3) is 0 Å². The molecular formula is C15H26N2O3. The van der Waals surface area contributed by atoms with Crippen LogP contribution in [0.4, 0.5) is 0 Å². The molecule has 1 heterocycles. The second-order valence-electron chi connectivity index (χ2n) is 5.96. The molecule has 2 fully saturated rings. The van der Waals surface area contributed by atoms with Crippen LogP contribution in [0.2, 0.25) is 0 Å². The van der Waals surface area contributed by atoms with Gasteiger partial charge in [-0.15, -0.1) is 0 Å². The third-order valence-corrected chi connectivity index (χ3v) is 4.43. The van der Waals surface area contributed by atoms with Crippen LogP contribution < -0.4 is 0 Å². The molecule has 0 aromatic rings. The van der Waals surface area contributed by atoms with Crippen LogP contribution in [0.5, 0.6) is 0 Å². The molecule has 114 valence electrons. The summed E-state index contributed by atoms with van der Waals surface area (Å²) in [4.78, 5) is 27.3. The van der Waals surface area contributed by atoms with Crippen LogP contribution in [0.3, 0.4) is 0 Å². The van der Waals surface area contributed by atoms with Crippen molar-refractivity contribution >= 4 is 11.9 Å². The molecule has 0 spiro atoms. The van der Waals surface area contributed by atoms with Crippen molar-refractivity contribution in [2.24, 2.45) is 0 Å². The Morgan fingerprint density at radius 2 is 2.00 bits per heavy atom. The van der Waals surface area contributed by atoms with Crippen molar-refractivity contribution in [1.82, 2.24) is 9.80 Å². The number of aliphatic carboxylic acids is 1. The van der Waals surface area contributed by atoms with Crippen LogP contribution in [0.25, 0.3) is 0 Å². The molecule has 1 saturated heterocycles. The number of piperidine rings is 1. The molecule has 0 aromatic heterocycles. The van der Waals surface area contributed by atoms with Gasteiger partial charge in [0.2, 0.25) is 5.91 Å². The molecule has 1 aliphatic carbocycles. The molecule has 1 amide bonds. The lowest BCUT2D eigenvalue weighted by Gasteiger charge is -2.36. The predicted molar refractivity (Wildman–Crippen MR) is 76.5 cm³/mol. The number of nitrogens with zero attached hydrogens (tertiary/aromatic N) is 2. The fraction of sp³-hybridized carbons (Fsp3) is 0.867. The zero-order valence-corrected chi connectivity index (χ0v) is 12.4. The summed E-state index contributed by atoms with van der Waals surface area (Å²) in [6.45, 7) is 4.22. The van der Waals surface area contributed by atoms with Crippen molar-refractivity contribution in [2.45, 2.75) is 64.0 Å². The Morgan fingerprint density at radius 1 is 1.25 bits per heavy atom. The van der Waals surface area contributed by atoms with Gasteiger partial charge in [-0.1, -0.05) is 6.42 Å². The molecule has 5 nitrogen and oxygen atoms in total. The van der Waals surface area contributed by atoms with Crippen LogP contribution in [0.15, 0.2) is 0 Å². The molecule has 1 N–H and O–H groups in total. The molecule has 20 heavy (non-hydrogen) atoms. The molecular weight excluding hydrogens is 256 g/mol. The van der Waals surface area contributed by atoms with Crippen LogP contribution in [-0.2, 0) is 9.59 Å². The topological polar surface area (TPSA) is 60.9 Å². The van der Waals surface area contributed by atoms with Gasteiger partial charge in [-0.25, -0.2) is 0 Å². The summed E-state index contributed by atoms with van der Waals surface area (Å²) >= 11 is 0. The second kappa shape index (κ2) is 7.07. The van der Waals surface area contributed by atoms with Gasteiger partial charge < -0.3 is 10.0 Å². The van der Waals surface area contributed by atoms with Gasteiger partial charge in [0.05, 0.1) is 6.54 Å². The molecule has 1 unspecified atom stereocenters. The highest BCUT2D eigenvalue weighted by Crippen LogP contribution is 2.27. The first-order valence-electron chi connectivity index (χ1n) is 7.87. The van der Waals surface area contributed by atoms with Crippen LogP contribution in [0, 0.1) is 0 Å². The van der Waals surface area contributed by atoms with E-state index in [1.54, 1.807) is 0 Å². The van der Waals surface area contributed by atoms with E-state index in [1.165, 1.54) is 0 Å². The molecule has 1 aliphatic heterocycles. The number of carbonyl (C=O) groups is 2. The largest absolute Gasteiger partial charge is 0.481 e. The number of carboxylic acids is 1. The van der Waals surface area contributed by atoms with Crippen molar-refractivity contribution in [2.75, 3.05) is 19.6 Å². The smallest absolute Gasteiger partial charge is 0.303 e. The van der Waals surface area contributed by atoms with Crippen molar-refractivity contribution < 1.29 is 14.7 Å². The number of carbonyl (C=O) groups excluding carboxylic acids is 1. The summed E-state index contributed by atoms with van der Waals surface area (Å²) in [5.74, 6) is -0.521. The second-order valence-corrected chi connectivity index (χ2v) is 5.96. The minimum atomic E-state index is -0.741. The zero-order chi connectivity index (χ0) is 14.5. The maximum absolute atomic E-state index is 12.4. The van der Waals surface area contributed by atoms with Crippen molar-refractivity contribution in [3.05, 3.63) is 0 Å². The van der Waals surface area contributed by atoms with Crippen molar-refractivity contribution in [3.8, 4) is 0 Å². The number of hydrogen-bond donors (Lipinski definition) is 1. The summed E-state index contributed by atoms with van der Waals surface area (Å²) in [6.07, 6.45) is 6.44.